The Labute approximate surface area is 106 Å². The van der Waals surface area contributed by atoms with Gasteiger partial charge in [-0.1, -0.05) is 12.1 Å². The molecule has 0 fully saturated rings. The summed E-state index contributed by atoms with van der Waals surface area (Å²) in [5.41, 5.74) is 1.42. The standard InChI is InChI=1S/C14H15NO3/c1-3-17-14(16)11(2)10-12-4-6-13(7-5-12)18-9-8-15/h4-7,10H,3,9H2,1-2H3/b11-10+. The van der Waals surface area contributed by atoms with Crippen molar-refractivity contribution in [2.24, 2.45) is 0 Å². The van der Waals surface area contributed by atoms with Crippen molar-refractivity contribution in [3.05, 3.63) is 35.4 Å². The van der Waals surface area contributed by atoms with Crippen LogP contribution in [0, 0.1) is 11.3 Å². The summed E-state index contributed by atoms with van der Waals surface area (Å²) in [5, 5.41) is 8.38. The van der Waals surface area contributed by atoms with Crippen LogP contribution in [0.1, 0.15) is 19.4 Å². The van der Waals surface area contributed by atoms with E-state index in [9.17, 15) is 4.79 Å². The van der Waals surface area contributed by atoms with Gasteiger partial charge in [0.25, 0.3) is 0 Å². The number of hydrogen-bond acceptors (Lipinski definition) is 4. The molecule has 0 atom stereocenters. The van der Waals surface area contributed by atoms with Crippen molar-refractivity contribution in [3.63, 3.8) is 0 Å². The zero-order chi connectivity index (χ0) is 13.4. The molecular formula is C14H15NO3. The lowest BCUT2D eigenvalue weighted by Gasteiger charge is -2.03. The number of benzene rings is 1. The Balaban J connectivity index is 2.71. The van der Waals surface area contributed by atoms with Crippen molar-refractivity contribution in [1.29, 1.82) is 5.26 Å². The van der Waals surface area contributed by atoms with E-state index in [0.717, 1.165) is 5.56 Å². The summed E-state index contributed by atoms with van der Waals surface area (Å²) < 4.78 is 10.0. The second-order valence-electron chi connectivity index (χ2n) is 3.56. The maximum atomic E-state index is 11.4. The molecular weight excluding hydrogens is 230 g/mol. The maximum absolute atomic E-state index is 11.4. The Kier molecular flexibility index (Phi) is 5.46. The molecule has 0 aliphatic heterocycles. The number of carbonyl (C=O) groups excluding carboxylic acids is 1. The molecule has 0 unspecified atom stereocenters. The van der Waals surface area contributed by atoms with Crippen molar-refractivity contribution in [1.82, 2.24) is 0 Å². The third-order valence-electron chi connectivity index (χ3n) is 2.16. The summed E-state index contributed by atoms with van der Waals surface area (Å²) in [4.78, 5) is 11.4. The van der Waals surface area contributed by atoms with Crippen LogP contribution >= 0.6 is 0 Å². The monoisotopic (exact) mass is 245 g/mol. The van der Waals surface area contributed by atoms with Gasteiger partial charge in [-0.15, -0.1) is 0 Å². The lowest BCUT2D eigenvalue weighted by molar-refractivity contribution is -0.138. The summed E-state index contributed by atoms with van der Waals surface area (Å²) in [6.07, 6.45) is 1.74. The lowest BCUT2D eigenvalue weighted by Crippen LogP contribution is -2.04. The predicted octanol–water partition coefficient (Wildman–Crippen LogP) is 2.56. The van der Waals surface area contributed by atoms with Gasteiger partial charge in [0.15, 0.2) is 6.61 Å². The number of esters is 1. The molecule has 0 saturated heterocycles. The number of rotatable bonds is 5. The number of nitriles is 1. The highest BCUT2D eigenvalue weighted by Gasteiger charge is 2.04. The predicted molar refractivity (Wildman–Crippen MR) is 67.8 cm³/mol. The molecule has 0 saturated carbocycles. The first kappa shape index (κ1) is 13.8. The Hall–Kier alpha value is -2.28. The maximum Gasteiger partial charge on any atom is 0.333 e. The first-order valence-electron chi connectivity index (χ1n) is 5.62. The topological polar surface area (TPSA) is 59.3 Å². The molecule has 4 heteroatoms. The third-order valence-corrected chi connectivity index (χ3v) is 2.16. The molecule has 94 valence electrons. The molecule has 0 aliphatic carbocycles. The van der Waals surface area contributed by atoms with E-state index in [1.165, 1.54) is 0 Å². The molecule has 1 aromatic rings. The van der Waals surface area contributed by atoms with Crippen molar-refractivity contribution in [2.75, 3.05) is 13.2 Å². The van der Waals surface area contributed by atoms with Crippen molar-refractivity contribution in [2.45, 2.75) is 13.8 Å². The van der Waals surface area contributed by atoms with Crippen molar-refractivity contribution < 1.29 is 14.3 Å². The van der Waals surface area contributed by atoms with Gasteiger partial charge in [-0.05, 0) is 37.6 Å². The highest BCUT2D eigenvalue weighted by Crippen LogP contribution is 2.14. The van der Waals surface area contributed by atoms with Gasteiger partial charge in [0.05, 0.1) is 6.61 Å². The minimum atomic E-state index is -0.317. The quantitative estimate of drug-likeness (QED) is 0.591. The molecule has 4 nitrogen and oxygen atoms in total. The van der Waals surface area contributed by atoms with Gasteiger partial charge in [-0.2, -0.15) is 5.26 Å². The Bertz CT molecular complexity index is 469. The average Bonchev–Trinajstić information content (AvgIpc) is 2.38. The van der Waals surface area contributed by atoms with Crippen LogP contribution in [0.2, 0.25) is 0 Å². The summed E-state index contributed by atoms with van der Waals surface area (Å²) in [6, 6.07) is 9.03. The molecule has 1 aromatic carbocycles. The number of ether oxygens (including phenoxy) is 2. The smallest absolute Gasteiger partial charge is 0.333 e. The Morgan fingerprint density at radius 1 is 1.39 bits per heavy atom. The second-order valence-corrected chi connectivity index (χ2v) is 3.56. The summed E-state index contributed by atoms with van der Waals surface area (Å²) in [7, 11) is 0. The van der Waals surface area contributed by atoms with Crippen LogP contribution in [-0.4, -0.2) is 19.2 Å². The minimum absolute atomic E-state index is 0.0248. The van der Waals surface area contributed by atoms with E-state index in [1.54, 1.807) is 32.1 Å². The molecule has 0 radical (unpaired) electrons. The fourth-order valence-electron chi connectivity index (χ4n) is 1.33. The summed E-state index contributed by atoms with van der Waals surface area (Å²) >= 11 is 0. The fourth-order valence-corrected chi connectivity index (χ4v) is 1.33. The molecule has 18 heavy (non-hydrogen) atoms. The van der Waals surface area contributed by atoms with Gasteiger partial charge < -0.3 is 9.47 Å². The summed E-state index contributed by atoms with van der Waals surface area (Å²) in [5.74, 6) is 0.310. The van der Waals surface area contributed by atoms with Crippen LogP contribution in [-0.2, 0) is 9.53 Å². The Morgan fingerprint density at radius 2 is 2.06 bits per heavy atom. The second kappa shape index (κ2) is 7.13. The zero-order valence-corrected chi connectivity index (χ0v) is 10.5. The molecule has 1 rings (SSSR count). The zero-order valence-electron chi connectivity index (χ0n) is 10.5. The largest absolute Gasteiger partial charge is 0.479 e. The molecule has 0 aliphatic rings. The lowest BCUT2D eigenvalue weighted by atomic mass is 10.1. The van der Waals surface area contributed by atoms with Gasteiger partial charge in [0, 0.05) is 5.57 Å². The van der Waals surface area contributed by atoms with E-state index in [2.05, 4.69) is 0 Å². The van der Waals surface area contributed by atoms with Crippen LogP contribution in [0.25, 0.3) is 6.08 Å². The average molecular weight is 245 g/mol. The van der Waals surface area contributed by atoms with Crippen LogP contribution in [0.15, 0.2) is 29.8 Å². The SMILES string of the molecule is CCOC(=O)/C(C)=C/c1ccc(OCC#N)cc1. The van der Waals surface area contributed by atoms with E-state index in [1.807, 2.05) is 18.2 Å². The van der Waals surface area contributed by atoms with E-state index >= 15 is 0 Å². The van der Waals surface area contributed by atoms with Crippen molar-refractivity contribution in [3.8, 4) is 11.8 Å². The van der Waals surface area contributed by atoms with Crippen LogP contribution < -0.4 is 4.74 Å². The first-order chi connectivity index (χ1) is 8.67. The van der Waals surface area contributed by atoms with Crippen LogP contribution in [0.5, 0.6) is 5.75 Å². The molecule has 0 spiro atoms. The van der Waals surface area contributed by atoms with Gasteiger partial charge >= 0.3 is 5.97 Å². The molecule has 0 aromatic heterocycles. The first-order valence-corrected chi connectivity index (χ1v) is 5.62. The van der Waals surface area contributed by atoms with Gasteiger partial charge in [-0.25, -0.2) is 4.79 Å². The van der Waals surface area contributed by atoms with Crippen LogP contribution in [0.4, 0.5) is 0 Å². The van der Waals surface area contributed by atoms with Crippen molar-refractivity contribution >= 4 is 12.0 Å². The molecule has 0 N–H and O–H groups in total. The van der Waals surface area contributed by atoms with E-state index in [0.29, 0.717) is 17.9 Å². The normalized spacial score (nSPS) is 10.6. The van der Waals surface area contributed by atoms with Crippen LogP contribution in [0.3, 0.4) is 0 Å². The third kappa shape index (κ3) is 4.30. The Morgan fingerprint density at radius 3 is 2.61 bits per heavy atom. The highest BCUT2D eigenvalue weighted by molar-refractivity contribution is 5.92. The molecule has 0 bridgehead atoms. The van der Waals surface area contributed by atoms with Gasteiger partial charge in [-0.3, -0.25) is 0 Å². The number of nitrogens with zero attached hydrogens (tertiary/aromatic N) is 1. The van der Waals surface area contributed by atoms with Gasteiger partial charge in [0.1, 0.15) is 11.8 Å². The van der Waals surface area contributed by atoms with E-state index in [-0.39, 0.29) is 12.6 Å². The molecule has 0 amide bonds. The van der Waals surface area contributed by atoms with Gasteiger partial charge in [0.2, 0.25) is 0 Å². The summed E-state index contributed by atoms with van der Waals surface area (Å²) in [6.45, 7) is 3.87. The fraction of sp³-hybridized carbons (Fsp3) is 0.286. The number of carbonyl (C=O) groups is 1. The molecule has 0 heterocycles. The minimum Gasteiger partial charge on any atom is -0.479 e. The van der Waals surface area contributed by atoms with E-state index in [4.69, 9.17) is 14.7 Å². The number of hydrogen-bond donors (Lipinski definition) is 0. The van der Waals surface area contributed by atoms with E-state index < -0.39 is 0 Å². The highest BCUT2D eigenvalue weighted by atomic mass is 16.5.